The first-order valence-electron chi connectivity index (χ1n) is 4.83. The van der Waals surface area contributed by atoms with Crippen LogP contribution in [0.4, 0.5) is 8.78 Å². The Bertz CT molecular complexity index is 345. The molecule has 0 unspecified atom stereocenters. The van der Waals surface area contributed by atoms with Gasteiger partial charge in [0.15, 0.2) is 0 Å². The van der Waals surface area contributed by atoms with Crippen LogP contribution in [0.2, 0.25) is 0 Å². The SMILES string of the molecule is NCCC1(c2ccc(F)cc2F)CC1. The van der Waals surface area contributed by atoms with E-state index in [9.17, 15) is 8.78 Å². The fourth-order valence-corrected chi connectivity index (χ4v) is 2.00. The van der Waals surface area contributed by atoms with Crippen LogP contribution >= 0.6 is 0 Å². The van der Waals surface area contributed by atoms with Crippen LogP contribution in [0, 0.1) is 11.6 Å². The summed E-state index contributed by atoms with van der Waals surface area (Å²) in [7, 11) is 0. The average molecular weight is 197 g/mol. The third-order valence-electron chi connectivity index (χ3n) is 2.98. The molecule has 1 fully saturated rings. The lowest BCUT2D eigenvalue weighted by Crippen LogP contribution is -2.15. The summed E-state index contributed by atoms with van der Waals surface area (Å²) in [6.07, 6.45) is 2.72. The van der Waals surface area contributed by atoms with Gasteiger partial charge in [0, 0.05) is 6.07 Å². The van der Waals surface area contributed by atoms with Crippen LogP contribution in [0.1, 0.15) is 24.8 Å². The van der Waals surface area contributed by atoms with Crippen molar-refractivity contribution in [3.63, 3.8) is 0 Å². The van der Waals surface area contributed by atoms with E-state index in [4.69, 9.17) is 5.73 Å². The van der Waals surface area contributed by atoms with Crippen LogP contribution in [0.25, 0.3) is 0 Å². The number of halogens is 2. The summed E-state index contributed by atoms with van der Waals surface area (Å²) in [6, 6.07) is 3.81. The molecule has 2 N–H and O–H groups in total. The Morgan fingerprint density at radius 2 is 2.00 bits per heavy atom. The number of hydrogen-bond acceptors (Lipinski definition) is 1. The molecular formula is C11H13F2N. The highest BCUT2D eigenvalue weighted by atomic mass is 19.1. The van der Waals surface area contributed by atoms with E-state index in [0.717, 1.165) is 25.3 Å². The van der Waals surface area contributed by atoms with Gasteiger partial charge in [0.1, 0.15) is 11.6 Å². The second kappa shape index (κ2) is 3.31. The quantitative estimate of drug-likeness (QED) is 0.790. The third-order valence-corrected chi connectivity index (χ3v) is 2.98. The zero-order valence-electron chi connectivity index (χ0n) is 7.89. The number of rotatable bonds is 3. The van der Waals surface area contributed by atoms with Crippen LogP contribution in [-0.4, -0.2) is 6.54 Å². The fourth-order valence-electron chi connectivity index (χ4n) is 2.00. The van der Waals surface area contributed by atoms with Gasteiger partial charge in [0.05, 0.1) is 0 Å². The maximum atomic E-state index is 13.4. The van der Waals surface area contributed by atoms with E-state index < -0.39 is 11.6 Å². The van der Waals surface area contributed by atoms with Crippen molar-refractivity contribution in [2.24, 2.45) is 5.73 Å². The summed E-state index contributed by atoms with van der Waals surface area (Å²) >= 11 is 0. The molecule has 0 spiro atoms. The van der Waals surface area contributed by atoms with E-state index in [1.165, 1.54) is 6.07 Å². The third kappa shape index (κ3) is 1.52. The molecule has 1 aromatic rings. The molecule has 0 bridgehead atoms. The highest BCUT2D eigenvalue weighted by molar-refractivity contribution is 5.32. The molecule has 0 saturated heterocycles. The highest BCUT2D eigenvalue weighted by Gasteiger charge is 2.44. The van der Waals surface area contributed by atoms with Gasteiger partial charge in [-0.1, -0.05) is 6.07 Å². The molecule has 0 radical (unpaired) electrons. The van der Waals surface area contributed by atoms with Gasteiger partial charge in [-0.2, -0.15) is 0 Å². The summed E-state index contributed by atoms with van der Waals surface area (Å²) in [6.45, 7) is 0.552. The minimum atomic E-state index is -0.519. The maximum Gasteiger partial charge on any atom is 0.129 e. The minimum Gasteiger partial charge on any atom is -0.330 e. The number of nitrogens with two attached hydrogens (primary N) is 1. The van der Waals surface area contributed by atoms with Crippen molar-refractivity contribution in [2.45, 2.75) is 24.7 Å². The zero-order chi connectivity index (χ0) is 10.2. The first-order chi connectivity index (χ1) is 6.68. The predicted octanol–water partition coefficient (Wildman–Crippen LogP) is 2.35. The van der Waals surface area contributed by atoms with Gasteiger partial charge < -0.3 is 5.73 Å². The summed E-state index contributed by atoms with van der Waals surface area (Å²) in [5, 5.41) is 0. The monoisotopic (exact) mass is 197 g/mol. The normalized spacial score (nSPS) is 18.2. The summed E-state index contributed by atoms with van der Waals surface area (Å²) < 4.78 is 26.1. The van der Waals surface area contributed by atoms with E-state index in [2.05, 4.69) is 0 Å². The van der Waals surface area contributed by atoms with E-state index in [0.29, 0.717) is 12.1 Å². The predicted molar refractivity (Wildman–Crippen MR) is 50.9 cm³/mol. The van der Waals surface area contributed by atoms with Crippen molar-refractivity contribution in [3.05, 3.63) is 35.4 Å². The topological polar surface area (TPSA) is 26.0 Å². The Kier molecular flexibility index (Phi) is 2.27. The van der Waals surface area contributed by atoms with Crippen LogP contribution < -0.4 is 5.73 Å². The molecule has 1 saturated carbocycles. The average Bonchev–Trinajstić information content (AvgIpc) is 2.86. The molecule has 76 valence electrons. The lowest BCUT2D eigenvalue weighted by Gasteiger charge is -2.15. The van der Waals surface area contributed by atoms with Crippen molar-refractivity contribution in [3.8, 4) is 0 Å². The molecule has 1 aromatic carbocycles. The van der Waals surface area contributed by atoms with E-state index >= 15 is 0 Å². The molecule has 0 aliphatic heterocycles. The van der Waals surface area contributed by atoms with E-state index in [1.54, 1.807) is 6.07 Å². The van der Waals surface area contributed by atoms with E-state index in [-0.39, 0.29) is 5.41 Å². The van der Waals surface area contributed by atoms with Gasteiger partial charge in [-0.15, -0.1) is 0 Å². The first-order valence-corrected chi connectivity index (χ1v) is 4.83. The van der Waals surface area contributed by atoms with Gasteiger partial charge in [-0.25, -0.2) is 8.78 Å². The Morgan fingerprint density at radius 1 is 1.29 bits per heavy atom. The maximum absolute atomic E-state index is 13.4. The van der Waals surface area contributed by atoms with Crippen molar-refractivity contribution < 1.29 is 8.78 Å². The second-order valence-electron chi connectivity index (χ2n) is 3.94. The molecule has 0 aromatic heterocycles. The molecular weight excluding hydrogens is 184 g/mol. The lowest BCUT2D eigenvalue weighted by molar-refractivity contribution is 0.533. The molecule has 0 heterocycles. The Balaban J connectivity index is 2.32. The largest absolute Gasteiger partial charge is 0.330 e. The number of hydrogen-bond donors (Lipinski definition) is 1. The van der Waals surface area contributed by atoms with Crippen LogP contribution in [0.15, 0.2) is 18.2 Å². The van der Waals surface area contributed by atoms with Crippen molar-refractivity contribution in [1.82, 2.24) is 0 Å². The van der Waals surface area contributed by atoms with Crippen molar-refractivity contribution in [1.29, 1.82) is 0 Å². The van der Waals surface area contributed by atoms with Crippen LogP contribution in [0.3, 0.4) is 0 Å². The smallest absolute Gasteiger partial charge is 0.129 e. The van der Waals surface area contributed by atoms with Crippen LogP contribution in [0.5, 0.6) is 0 Å². The molecule has 14 heavy (non-hydrogen) atoms. The van der Waals surface area contributed by atoms with Gasteiger partial charge in [0.2, 0.25) is 0 Å². The summed E-state index contributed by atoms with van der Waals surface area (Å²) in [4.78, 5) is 0. The standard InChI is InChI=1S/C11H13F2N/c12-8-1-2-9(10(13)7-8)11(3-4-11)5-6-14/h1-2,7H,3-6,14H2. The molecule has 0 amide bonds. The van der Waals surface area contributed by atoms with Crippen LogP contribution in [-0.2, 0) is 5.41 Å². The zero-order valence-corrected chi connectivity index (χ0v) is 7.89. The van der Waals surface area contributed by atoms with Crippen molar-refractivity contribution in [2.75, 3.05) is 6.54 Å². The van der Waals surface area contributed by atoms with Crippen molar-refractivity contribution >= 4 is 0 Å². The molecule has 1 aliphatic carbocycles. The minimum absolute atomic E-state index is 0.0907. The molecule has 3 heteroatoms. The Morgan fingerprint density at radius 3 is 2.50 bits per heavy atom. The lowest BCUT2D eigenvalue weighted by atomic mass is 9.92. The second-order valence-corrected chi connectivity index (χ2v) is 3.94. The van der Waals surface area contributed by atoms with Gasteiger partial charge in [-0.3, -0.25) is 0 Å². The molecule has 1 aliphatic rings. The Hall–Kier alpha value is -0.960. The molecule has 1 nitrogen and oxygen atoms in total. The fraction of sp³-hybridized carbons (Fsp3) is 0.455. The summed E-state index contributed by atoms with van der Waals surface area (Å²) in [5.41, 5.74) is 6.01. The van der Waals surface area contributed by atoms with E-state index in [1.807, 2.05) is 0 Å². The Labute approximate surface area is 81.9 Å². The van der Waals surface area contributed by atoms with Gasteiger partial charge >= 0.3 is 0 Å². The number of benzene rings is 1. The van der Waals surface area contributed by atoms with Gasteiger partial charge in [0.25, 0.3) is 0 Å². The first kappa shape index (κ1) is 9.59. The molecule has 0 atom stereocenters. The summed E-state index contributed by atoms with van der Waals surface area (Å²) in [5.74, 6) is -0.953. The highest BCUT2D eigenvalue weighted by Crippen LogP contribution is 2.51. The molecule has 2 rings (SSSR count). The van der Waals surface area contributed by atoms with Gasteiger partial charge in [-0.05, 0) is 42.9 Å².